The van der Waals surface area contributed by atoms with Gasteiger partial charge in [-0.2, -0.15) is 5.10 Å². The van der Waals surface area contributed by atoms with E-state index in [0.29, 0.717) is 32.3 Å². The highest BCUT2D eigenvalue weighted by Gasteiger charge is 2.11. The minimum Gasteiger partial charge on any atom is -0.490 e. The quantitative estimate of drug-likeness (QED) is 0.527. The molecule has 1 aliphatic heterocycles. The first-order valence-electron chi connectivity index (χ1n) is 9.29. The van der Waals surface area contributed by atoms with Crippen molar-refractivity contribution in [3.63, 3.8) is 0 Å². The van der Waals surface area contributed by atoms with Gasteiger partial charge in [-0.3, -0.25) is 4.68 Å². The molecule has 0 radical (unpaired) electrons. The van der Waals surface area contributed by atoms with Crippen molar-refractivity contribution in [2.75, 3.05) is 18.5 Å². The van der Waals surface area contributed by atoms with Gasteiger partial charge < -0.3 is 20.5 Å². The van der Waals surface area contributed by atoms with E-state index >= 15 is 0 Å². The smallest absolute Gasteiger partial charge is 0.193 e. The molecule has 0 saturated carbocycles. The van der Waals surface area contributed by atoms with E-state index in [1.165, 1.54) is 5.56 Å². The van der Waals surface area contributed by atoms with Crippen LogP contribution in [0, 0.1) is 0 Å². The fourth-order valence-electron chi connectivity index (χ4n) is 3.03. The first kappa shape index (κ1) is 17.9. The van der Waals surface area contributed by atoms with Crippen LogP contribution in [-0.4, -0.2) is 29.0 Å². The number of rotatable bonds is 5. The first-order valence-corrected chi connectivity index (χ1v) is 9.29. The molecule has 28 heavy (non-hydrogen) atoms. The van der Waals surface area contributed by atoms with Crippen molar-refractivity contribution in [3.05, 3.63) is 72.1 Å². The lowest BCUT2D eigenvalue weighted by Crippen LogP contribution is -2.22. The minimum atomic E-state index is 0.350. The maximum atomic E-state index is 6.10. The largest absolute Gasteiger partial charge is 0.490 e. The number of fused-ring (bicyclic) bond motifs is 1. The normalized spacial score (nSPS) is 13.8. The second-order valence-corrected chi connectivity index (χ2v) is 6.51. The number of benzene rings is 2. The van der Waals surface area contributed by atoms with E-state index < -0.39 is 0 Å². The SMILES string of the molecule is NC(=NCc1ccccc1Cn1cccn1)Nc1ccc2c(c1)OCCCO2. The van der Waals surface area contributed by atoms with Gasteiger partial charge in [-0.15, -0.1) is 0 Å². The molecule has 1 aromatic heterocycles. The highest BCUT2D eigenvalue weighted by Crippen LogP contribution is 2.32. The van der Waals surface area contributed by atoms with Gasteiger partial charge in [-0.1, -0.05) is 24.3 Å². The van der Waals surface area contributed by atoms with E-state index in [1.807, 2.05) is 47.3 Å². The lowest BCUT2D eigenvalue weighted by molar-refractivity contribution is 0.297. The highest BCUT2D eigenvalue weighted by atomic mass is 16.5. The van der Waals surface area contributed by atoms with Crippen LogP contribution in [0.3, 0.4) is 0 Å². The fourth-order valence-corrected chi connectivity index (χ4v) is 3.03. The molecule has 0 unspecified atom stereocenters. The Kier molecular flexibility index (Phi) is 5.42. The van der Waals surface area contributed by atoms with Crippen molar-refractivity contribution in [2.45, 2.75) is 19.5 Å². The highest BCUT2D eigenvalue weighted by molar-refractivity contribution is 5.92. The molecule has 144 valence electrons. The van der Waals surface area contributed by atoms with Crippen LogP contribution >= 0.6 is 0 Å². The summed E-state index contributed by atoms with van der Waals surface area (Å²) in [7, 11) is 0. The van der Waals surface area contributed by atoms with E-state index in [0.717, 1.165) is 29.2 Å². The topological polar surface area (TPSA) is 86.7 Å². The Morgan fingerprint density at radius 3 is 2.71 bits per heavy atom. The van der Waals surface area contributed by atoms with Gasteiger partial charge in [0.2, 0.25) is 0 Å². The molecule has 3 N–H and O–H groups in total. The third-order valence-corrected chi connectivity index (χ3v) is 4.45. The summed E-state index contributed by atoms with van der Waals surface area (Å²) < 4.78 is 13.3. The van der Waals surface area contributed by atoms with E-state index in [2.05, 4.69) is 27.5 Å². The number of hydrogen-bond acceptors (Lipinski definition) is 4. The van der Waals surface area contributed by atoms with E-state index in [4.69, 9.17) is 15.2 Å². The van der Waals surface area contributed by atoms with Crippen LogP contribution in [0.1, 0.15) is 17.5 Å². The molecule has 4 rings (SSSR count). The Morgan fingerprint density at radius 2 is 1.89 bits per heavy atom. The van der Waals surface area contributed by atoms with Crippen LogP contribution in [0.4, 0.5) is 5.69 Å². The summed E-state index contributed by atoms with van der Waals surface area (Å²) in [5, 5.41) is 7.39. The maximum absolute atomic E-state index is 6.10. The average Bonchev–Trinajstić information content (AvgIpc) is 3.10. The lowest BCUT2D eigenvalue weighted by atomic mass is 10.1. The molecule has 0 aliphatic carbocycles. The number of nitrogens with zero attached hydrogens (tertiary/aromatic N) is 3. The lowest BCUT2D eigenvalue weighted by Gasteiger charge is -2.11. The number of guanidine groups is 1. The van der Waals surface area contributed by atoms with E-state index in [9.17, 15) is 0 Å². The predicted octanol–water partition coefficient (Wildman–Crippen LogP) is 3.02. The number of anilines is 1. The fraction of sp³-hybridized carbons (Fsp3) is 0.238. The van der Waals surface area contributed by atoms with Crippen molar-refractivity contribution in [1.29, 1.82) is 0 Å². The zero-order valence-electron chi connectivity index (χ0n) is 15.5. The molecule has 7 heteroatoms. The van der Waals surface area contributed by atoms with Crippen LogP contribution in [0.25, 0.3) is 0 Å². The zero-order chi connectivity index (χ0) is 19.2. The summed E-state index contributed by atoms with van der Waals surface area (Å²) in [5.74, 6) is 1.83. The molecule has 0 amide bonds. The molecule has 2 aromatic carbocycles. The molecule has 1 aliphatic rings. The average molecular weight is 377 g/mol. The molecular formula is C21H23N5O2. The van der Waals surface area contributed by atoms with Crippen LogP contribution < -0.4 is 20.5 Å². The number of aliphatic imine (C=N–C) groups is 1. The van der Waals surface area contributed by atoms with Crippen molar-refractivity contribution >= 4 is 11.6 Å². The zero-order valence-corrected chi connectivity index (χ0v) is 15.5. The number of nitrogens with two attached hydrogens (primary N) is 1. The molecule has 0 saturated heterocycles. The van der Waals surface area contributed by atoms with Gasteiger partial charge >= 0.3 is 0 Å². The number of aromatic nitrogens is 2. The van der Waals surface area contributed by atoms with Crippen LogP contribution in [0.15, 0.2) is 65.9 Å². The minimum absolute atomic E-state index is 0.350. The summed E-state index contributed by atoms with van der Waals surface area (Å²) in [6.07, 6.45) is 4.59. The monoisotopic (exact) mass is 377 g/mol. The molecule has 0 bridgehead atoms. The standard InChI is InChI=1S/C21H23N5O2/c22-21(25-18-7-8-19-20(13-18)28-12-4-11-27-19)23-14-16-5-1-2-6-17(16)15-26-10-3-9-24-26/h1-3,5-10,13H,4,11-12,14-15H2,(H3,22,23,25). The van der Waals surface area contributed by atoms with Crippen molar-refractivity contribution in [1.82, 2.24) is 9.78 Å². The Hall–Kier alpha value is -3.48. The number of hydrogen-bond donors (Lipinski definition) is 2. The van der Waals surface area contributed by atoms with Gasteiger partial charge in [-0.05, 0) is 29.3 Å². The Morgan fingerprint density at radius 1 is 1.07 bits per heavy atom. The van der Waals surface area contributed by atoms with Gasteiger partial charge in [0.25, 0.3) is 0 Å². The van der Waals surface area contributed by atoms with Gasteiger partial charge in [0.05, 0.1) is 26.3 Å². The summed E-state index contributed by atoms with van der Waals surface area (Å²) in [6, 6.07) is 15.8. The van der Waals surface area contributed by atoms with Crippen molar-refractivity contribution in [3.8, 4) is 11.5 Å². The second kappa shape index (κ2) is 8.47. The number of ether oxygens (including phenoxy) is 2. The van der Waals surface area contributed by atoms with Crippen LogP contribution in [0.5, 0.6) is 11.5 Å². The van der Waals surface area contributed by atoms with Crippen molar-refractivity contribution in [2.24, 2.45) is 10.7 Å². The third-order valence-electron chi connectivity index (χ3n) is 4.45. The van der Waals surface area contributed by atoms with Gasteiger partial charge in [-0.25, -0.2) is 4.99 Å². The van der Waals surface area contributed by atoms with Crippen LogP contribution in [0.2, 0.25) is 0 Å². The van der Waals surface area contributed by atoms with Gasteiger partial charge in [0.1, 0.15) is 0 Å². The van der Waals surface area contributed by atoms with Crippen LogP contribution in [-0.2, 0) is 13.1 Å². The summed E-state index contributed by atoms with van der Waals surface area (Å²) in [6.45, 7) is 2.50. The molecule has 7 nitrogen and oxygen atoms in total. The van der Waals surface area contributed by atoms with Gasteiger partial charge in [0.15, 0.2) is 17.5 Å². The van der Waals surface area contributed by atoms with Gasteiger partial charge in [0, 0.05) is 30.6 Å². The summed E-state index contributed by atoms with van der Waals surface area (Å²) >= 11 is 0. The first-order chi connectivity index (χ1) is 13.8. The third kappa shape index (κ3) is 4.43. The molecule has 0 fully saturated rings. The molecule has 2 heterocycles. The Balaban J connectivity index is 1.43. The Labute approximate surface area is 163 Å². The molecule has 3 aromatic rings. The van der Waals surface area contributed by atoms with E-state index in [-0.39, 0.29) is 0 Å². The molecule has 0 spiro atoms. The molecule has 0 atom stereocenters. The molecular weight excluding hydrogens is 354 g/mol. The maximum Gasteiger partial charge on any atom is 0.193 e. The Bertz CT molecular complexity index is 953. The second-order valence-electron chi connectivity index (χ2n) is 6.51. The van der Waals surface area contributed by atoms with Crippen molar-refractivity contribution < 1.29 is 9.47 Å². The summed E-state index contributed by atoms with van der Waals surface area (Å²) in [5.41, 5.74) is 9.19. The van der Waals surface area contributed by atoms with E-state index in [1.54, 1.807) is 6.20 Å². The summed E-state index contributed by atoms with van der Waals surface area (Å²) in [4.78, 5) is 4.49. The predicted molar refractivity (Wildman–Crippen MR) is 109 cm³/mol. The number of nitrogens with one attached hydrogen (secondary N) is 1.